The van der Waals surface area contributed by atoms with E-state index in [9.17, 15) is 13.2 Å². The molecule has 1 fully saturated rings. The maximum absolute atomic E-state index is 12.8. The van der Waals surface area contributed by atoms with Crippen LogP contribution < -0.4 is 9.47 Å². The van der Waals surface area contributed by atoms with Crippen molar-refractivity contribution in [2.24, 2.45) is 0 Å². The standard InChI is InChI=1S/C16H20ClN5O5S/c1-3-27-14-12(17)8-11(9-13(14)26-2)15(23)21-4-6-22(7-5-21)28(24,25)16-18-10-19-20-16/h8-10H,3-7H2,1-2H3,(H,18,19,20). The number of aromatic amines is 1. The van der Waals surface area contributed by atoms with Gasteiger partial charge in [0.1, 0.15) is 6.33 Å². The molecular weight excluding hydrogens is 410 g/mol. The lowest BCUT2D eigenvalue weighted by Crippen LogP contribution is -2.50. The van der Waals surface area contributed by atoms with Crippen molar-refractivity contribution < 1.29 is 22.7 Å². The van der Waals surface area contributed by atoms with Crippen LogP contribution >= 0.6 is 11.6 Å². The summed E-state index contributed by atoms with van der Waals surface area (Å²) in [5.74, 6) is 0.482. The fraction of sp³-hybridized carbons (Fsp3) is 0.438. The van der Waals surface area contributed by atoms with E-state index in [4.69, 9.17) is 21.1 Å². The Bertz CT molecular complexity index is 943. The van der Waals surface area contributed by atoms with Gasteiger partial charge in [0.05, 0.1) is 18.7 Å². The summed E-state index contributed by atoms with van der Waals surface area (Å²) in [6.07, 6.45) is 1.13. The molecule has 152 valence electrons. The van der Waals surface area contributed by atoms with E-state index in [1.54, 1.807) is 11.0 Å². The first-order valence-electron chi connectivity index (χ1n) is 8.53. The number of nitrogens with one attached hydrogen (secondary N) is 1. The van der Waals surface area contributed by atoms with E-state index in [1.165, 1.54) is 17.5 Å². The summed E-state index contributed by atoms with van der Waals surface area (Å²) in [7, 11) is -2.29. The van der Waals surface area contributed by atoms with Gasteiger partial charge in [-0.3, -0.25) is 4.79 Å². The van der Waals surface area contributed by atoms with Gasteiger partial charge in [0.25, 0.3) is 21.1 Å². The predicted molar refractivity (Wildman–Crippen MR) is 100 cm³/mol. The molecule has 10 nitrogen and oxygen atoms in total. The van der Waals surface area contributed by atoms with Gasteiger partial charge in [-0.05, 0) is 19.1 Å². The molecule has 0 bridgehead atoms. The molecule has 1 saturated heterocycles. The van der Waals surface area contributed by atoms with Crippen molar-refractivity contribution in [3.63, 3.8) is 0 Å². The maximum atomic E-state index is 12.8. The van der Waals surface area contributed by atoms with Gasteiger partial charge in [-0.15, -0.1) is 0 Å². The van der Waals surface area contributed by atoms with Crippen molar-refractivity contribution in [2.45, 2.75) is 12.1 Å². The van der Waals surface area contributed by atoms with Gasteiger partial charge in [-0.1, -0.05) is 11.6 Å². The molecule has 1 N–H and O–H groups in total. The highest BCUT2D eigenvalue weighted by Crippen LogP contribution is 2.36. The van der Waals surface area contributed by atoms with Crippen molar-refractivity contribution in [3.8, 4) is 11.5 Å². The van der Waals surface area contributed by atoms with Crippen LogP contribution in [0.3, 0.4) is 0 Å². The smallest absolute Gasteiger partial charge is 0.278 e. The topological polar surface area (TPSA) is 118 Å². The lowest BCUT2D eigenvalue weighted by Gasteiger charge is -2.33. The van der Waals surface area contributed by atoms with Gasteiger partial charge in [0, 0.05) is 31.7 Å². The van der Waals surface area contributed by atoms with Gasteiger partial charge in [-0.2, -0.15) is 9.40 Å². The molecule has 0 spiro atoms. The number of ether oxygens (including phenoxy) is 2. The molecule has 1 aliphatic rings. The molecule has 1 aromatic carbocycles. The number of nitrogens with zero attached hydrogens (tertiary/aromatic N) is 4. The molecule has 2 heterocycles. The average molecular weight is 430 g/mol. The molecule has 12 heteroatoms. The van der Waals surface area contributed by atoms with E-state index in [0.717, 1.165) is 6.33 Å². The van der Waals surface area contributed by atoms with Crippen LogP contribution in [0, 0.1) is 0 Å². The Morgan fingerprint density at radius 1 is 1.29 bits per heavy atom. The Balaban J connectivity index is 1.73. The third-order valence-electron chi connectivity index (χ3n) is 4.27. The van der Waals surface area contributed by atoms with Crippen LogP contribution in [0.1, 0.15) is 17.3 Å². The van der Waals surface area contributed by atoms with Crippen molar-refractivity contribution in [1.82, 2.24) is 24.4 Å². The number of carbonyl (C=O) groups excluding carboxylic acids is 1. The highest BCUT2D eigenvalue weighted by Gasteiger charge is 2.32. The molecule has 0 radical (unpaired) electrons. The van der Waals surface area contributed by atoms with Crippen molar-refractivity contribution in [1.29, 1.82) is 0 Å². The summed E-state index contributed by atoms with van der Waals surface area (Å²) < 4.78 is 36.9. The second-order valence-corrected chi connectivity index (χ2v) is 8.17. The van der Waals surface area contributed by atoms with E-state index in [1.807, 2.05) is 6.92 Å². The minimum atomic E-state index is -3.75. The molecule has 0 aliphatic carbocycles. The Kier molecular flexibility index (Phi) is 6.06. The molecule has 0 unspecified atom stereocenters. The second-order valence-electron chi connectivity index (χ2n) is 5.91. The minimum absolute atomic E-state index is 0.149. The van der Waals surface area contributed by atoms with Crippen molar-refractivity contribution >= 4 is 27.5 Å². The molecule has 1 amide bonds. The Labute approximate surface area is 167 Å². The zero-order valence-corrected chi connectivity index (χ0v) is 17.0. The fourth-order valence-electron chi connectivity index (χ4n) is 2.88. The van der Waals surface area contributed by atoms with Gasteiger partial charge < -0.3 is 14.4 Å². The molecule has 1 aliphatic heterocycles. The van der Waals surface area contributed by atoms with Crippen LogP contribution in [0.25, 0.3) is 0 Å². The van der Waals surface area contributed by atoms with Gasteiger partial charge in [0.15, 0.2) is 11.5 Å². The zero-order valence-electron chi connectivity index (χ0n) is 15.4. The summed E-state index contributed by atoms with van der Waals surface area (Å²) in [6.45, 7) is 3.00. The van der Waals surface area contributed by atoms with E-state index >= 15 is 0 Å². The highest BCUT2D eigenvalue weighted by molar-refractivity contribution is 7.88. The predicted octanol–water partition coefficient (Wildman–Crippen LogP) is 1.01. The summed E-state index contributed by atoms with van der Waals surface area (Å²) in [4.78, 5) is 18.1. The third-order valence-corrected chi connectivity index (χ3v) is 6.28. The Morgan fingerprint density at radius 2 is 2.00 bits per heavy atom. The van der Waals surface area contributed by atoms with Crippen molar-refractivity contribution in [3.05, 3.63) is 29.0 Å². The number of sulfonamides is 1. The number of piperazine rings is 1. The van der Waals surface area contributed by atoms with E-state index in [-0.39, 0.29) is 42.3 Å². The van der Waals surface area contributed by atoms with E-state index in [0.29, 0.717) is 23.7 Å². The highest BCUT2D eigenvalue weighted by atomic mass is 35.5. The molecule has 2 aromatic rings. The fourth-order valence-corrected chi connectivity index (χ4v) is 4.38. The molecule has 0 atom stereocenters. The Hall–Kier alpha value is -2.37. The van der Waals surface area contributed by atoms with Crippen molar-refractivity contribution in [2.75, 3.05) is 39.9 Å². The van der Waals surface area contributed by atoms with E-state index < -0.39 is 10.0 Å². The lowest BCUT2D eigenvalue weighted by molar-refractivity contribution is 0.0697. The SMILES string of the molecule is CCOc1c(Cl)cc(C(=O)N2CCN(S(=O)(=O)c3ncn[nH]3)CC2)cc1OC. The molecule has 28 heavy (non-hydrogen) atoms. The van der Waals surface area contributed by atoms with Gasteiger partial charge in [-0.25, -0.2) is 18.5 Å². The monoisotopic (exact) mass is 429 g/mol. The number of halogens is 1. The quantitative estimate of drug-likeness (QED) is 0.728. The minimum Gasteiger partial charge on any atom is -0.493 e. The Morgan fingerprint density at radius 3 is 2.57 bits per heavy atom. The normalized spacial score (nSPS) is 15.5. The summed E-state index contributed by atoms with van der Waals surface area (Å²) >= 11 is 6.24. The molecule has 0 saturated carbocycles. The first kappa shape index (κ1) is 20.4. The van der Waals surface area contributed by atoms with Crippen LogP contribution in [0.5, 0.6) is 11.5 Å². The number of methoxy groups -OCH3 is 1. The number of aromatic nitrogens is 3. The van der Waals surface area contributed by atoms with Crippen LogP contribution in [0.2, 0.25) is 5.02 Å². The molecule has 1 aromatic heterocycles. The van der Waals surface area contributed by atoms with Crippen LogP contribution in [0.15, 0.2) is 23.6 Å². The number of rotatable bonds is 6. The first-order chi connectivity index (χ1) is 13.4. The zero-order chi connectivity index (χ0) is 20.3. The van der Waals surface area contributed by atoms with E-state index in [2.05, 4.69) is 15.2 Å². The lowest BCUT2D eigenvalue weighted by atomic mass is 10.1. The number of hydrogen-bond donors (Lipinski definition) is 1. The number of hydrogen-bond acceptors (Lipinski definition) is 7. The average Bonchev–Trinajstić information content (AvgIpc) is 3.24. The molecule has 3 rings (SSSR count). The number of amides is 1. The summed E-state index contributed by atoms with van der Waals surface area (Å²) in [6, 6.07) is 3.09. The number of H-pyrrole nitrogens is 1. The summed E-state index contributed by atoms with van der Waals surface area (Å²) in [5, 5.41) is 5.99. The molecular formula is C16H20ClN5O5S. The number of benzene rings is 1. The van der Waals surface area contributed by atoms with Crippen LogP contribution in [-0.4, -0.2) is 78.6 Å². The largest absolute Gasteiger partial charge is 0.493 e. The van der Waals surface area contributed by atoms with Crippen LogP contribution in [0.4, 0.5) is 0 Å². The number of carbonyl (C=O) groups is 1. The third kappa shape index (κ3) is 3.91. The van der Waals surface area contributed by atoms with Crippen LogP contribution in [-0.2, 0) is 10.0 Å². The van der Waals surface area contributed by atoms with Gasteiger partial charge >= 0.3 is 0 Å². The summed E-state index contributed by atoms with van der Waals surface area (Å²) in [5.41, 5.74) is 0.344. The maximum Gasteiger partial charge on any atom is 0.278 e. The second kappa shape index (κ2) is 8.33. The first-order valence-corrected chi connectivity index (χ1v) is 10.4. The van der Waals surface area contributed by atoms with Gasteiger partial charge in [0.2, 0.25) is 0 Å².